The van der Waals surface area contributed by atoms with Crippen molar-refractivity contribution in [2.75, 3.05) is 26.4 Å². The lowest BCUT2D eigenvalue weighted by molar-refractivity contribution is -0.161. The lowest BCUT2D eigenvalue weighted by Crippen LogP contribution is -2.29. The third-order valence-electron chi connectivity index (χ3n) is 9.21. The summed E-state index contributed by atoms with van der Waals surface area (Å²) in [5, 5.41) is 19.6. The van der Waals surface area contributed by atoms with Crippen molar-refractivity contribution in [1.29, 1.82) is 0 Å². The Balaban J connectivity index is 4.63. The Kier molecular flexibility index (Phi) is 37.4. The van der Waals surface area contributed by atoms with E-state index in [9.17, 15) is 33.8 Å². The van der Waals surface area contributed by atoms with Crippen LogP contribution in [0.5, 0.6) is 0 Å². The van der Waals surface area contributed by atoms with Gasteiger partial charge in [-0.3, -0.25) is 23.2 Å². The first-order valence-electron chi connectivity index (χ1n) is 22.3. The first-order chi connectivity index (χ1) is 28.6. The first kappa shape index (κ1) is 58.0. The zero-order valence-corrected chi connectivity index (χ0v) is 38.6. The van der Waals surface area contributed by atoms with Crippen molar-refractivity contribution < 1.29 is 66.7 Å². The van der Waals surface area contributed by atoms with Crippen LogP contribution in [0.4, 0.5) is 0 Å². The van der Waals surface area contributed by atoms with Crippen LogP contribution in [0.2, 0.25) is 0 Å². The lowest BCUT2D eigenvalue weighted by Gasteiger charge is -2.20. The number of carbonyl (C=O) groups is 2. The molecule has 1 unspecified atom stereocenters. The third-order valence-corrected chi connectivity index (χ3v) is 10.6. The molecule has 350 valence electrons. The molecular weight excluding hydrogens is 814 g/mol. The van der Waals surface area contributed by atoms with Gasteiger partial charge in [0.25, 0.3) is 0 Å². The fourth-order valence-corrected chi connectivity index (χ4v) is 6.93. The van der Waals surface area contributed by atoms with Gasteiger partial charge in [0, 0.05) is 12.8 Å². The molecule has 0 aliphatic carbocycles. The average molecular weight is 895 g/mol. The van der Waals surface area contributed by atoms with Crippen LogP contribution in [-0.4, -0.2) is 81.6 Å². The van der Waals surface area contributed by atoms with E-state index in [0.717, 1.165) is 63.7 Å². The number of phosphoric ester groups is 2. The Hall–Kier alpha value is -1.96. The van der Waals surface area contributed by atoms with Crippen LogP contribution in [0.15, 0.2) is 48.6 Å². The number of aliphatic hydroxyl groups is 2. The molecule has 0 fully saturated rings. The van der Waals surface area contributed by atoms with Crippen LogP contribution in [0.3, 0.4) is 0 Å². The predicted molar refractivity (Wildman–Crippen MR) is 236 cm³/mol. The van der Waals surface area contributed by atoms with E-state index < -0.39 is 66.2 Å². The summed E-state index contributed by atoms with van der Waals surface area (Å²) in [6, 6.07) is 0. The second kappa shape index (κ2) is 38.7. The Labute approximate surface area is 361 Å². The summed E-state index contributed by atoms with van der Waals surface area (Å²) in [6.07, 6.45) is 34.5. The van der Waals surface area contributed by atoms with Crippen LogP contribution in [-0.2, 0) is 41.8 Å². The van der Waals surface area contributed by atoms with Crippen LogP contribution >= 0.6 is 15.6 Å². The van der Waals surface area contributed by atoms with Gasteiger partial charge in [0.15, 0.2) is 6.10 Å². The number of unbranched alkanes of at least 4 members (excludes halogenated alkanes) is 13. The Morgan fingerprint density at radius 1 is 0.567 bits per heavy atom. The number of rotatable bonds is 41. The van der Waals surface area contributed by atoms with Crippen molar-refractivity contribution in [1.82, 2.24) is 0 Å². The van der Waals surface area contributed by atoms with E-state index in [-0.39, 0.29) is 18.9 Å². The van der Waals surface area contributed by atoms with Gasteiger partial charge >= 0.3 is 27.6 Å². The van der Waals surface area contributed by atoms with Crippen molar-refractivity contribution >= 4 is 27.6 Å². The van der Waals surface area contributed by atoms with Gasteiger partial charge < -0.3 is 34.4 Å². The number of phosphoric acid groups is 2. The van der Waals surface area contributed by atoms with Crippen molar-refractivity contribution in [3.05, 3.63) is 48.6 Å². The predicted octanol–water partition coefficient (Wildman–Crippen LogP) is 10.3. The smallest absolute Gasteiger partial charge is 0.462 e. The summed E-state index contributed by atoms with van der Waals surface area (Å²) in [4.78, 5) is 52.7. The fourth-order valence-electron chi connectivity index (χ4n) is 5.78. The van der Waals surface area contributed by atoms with Gasteiger partial charge in [-0.2, -0.15) is 0 Å². The van der Waals surface area contributed by atoms with Gasteiger partial charge in [-0.15, -0.1) is 0 Å². The summed E-state index contributed by atoms with van der Waals surface area (Å²) < 4.78 is 47.7. The molecule has 14 nitrogen and oxygen atoms in total. The molecule has 0 spiro atoms. The van der Waals surface area contributed by atoms with Gasteiger partial charge in [0.2, 0.25) is 0 Å². The van der Waals surface area contributed by atoms with E-state index in [1.807, 2.05) is 30.4 Å². The molecule has 4 atom stereocenters. The molecule has 0 rings (SSSR count). The molecule has 0 aromatic rings. The number of esters is 2. The number of aliphatic hydroxyl groups excluding tert-OH is 2. The van der Waals surface area contributed by atoms with Crippen LogP contribution in [0.1, 0.15) is 168 Å². The highest BCUT2D eigenvalue weighted by molar-refractivity contribution is 7.47. The molecule has 5 N–H and O–H groups in total. The highest BCUT2D eigenvalue weighted by Gasteiger charge is 2.28. The van der Waals surface area contributed by atoms with Gasteiger partial charge in [0.1, 0.15) is 12.7 Å². The third kappa shape index (κ3) is 42.7. The van der Waals surface area contributed by atoms with Crippen molar-refractivity contribution in [2.45, 2.75) is 187 Å². The second-order valence-electron chi connectivity index (χ2n) is 15.6. The maximum atomic E-state index is 12.6. The van der Waals surface area contributed by atoms with Crippen molar-refractivity contribution in [3.8, 4) is 0 Å². The first-order valence-corrected chi connectivity index (χ1v) is 25.3. The molecule has 0 bridgehead atoms. The Bertz CT molecular complexity index is 1280. The second-order valence-corrected chi connectivity index (χ2v) is 18.3. The van der Waals surface area contributed by atoms with E-state index in [4.69, 9.17) is 23.8 Å². The number of carbonyl (C=O) groups excluding carboxylic acids is 2. The summed E-state index contributed by atoms with van der Waals surface area (Å²) in [5.74, 6) is -0.329. The monoisotopic (exact) mass is 895 g/mol. The molecule has 16 heteroatoms. The molecule has 0 aliphatic heterocycles. The van der Waals surface area contributed by atoms with E-state index in [1.54, 1.807) is 0 Å². The minimum atomic E-state index is -4.87. The summed E-state index contributed by atoms with van der Waals surface area (Å²) in [6.45, 7) is 3.85. The zero-order valence-electron chi connectivity index (χ0n) is 36.8. The molecule has 0 saturated heterocycles. The normalized spacial score (nSPS) is 15.1. The SMILES string of the molecule is CCCC[C@@H](O)/C=C\C/C=C\C/C=C\C/C=C\CCCC(=O)O[C@H](COC(=O)CCCCCCCCCCCCCCC(C)C)COP(=O)(O)OC[C@@H](O)COP(=O)(O)O. The highest BCUT2D eigenvalue weighted by atomic mass is 31.2. The average Bonchev–Trinajstić information content (AvgIpc) is 3.19. The number of allylic oxidation sites excluding steroid dienone is 7. The van der Waals surface area contributed by atoms with Crippen molar-refractivity contribution in [3.63, 3.8) is 0 Å². The summed E-state index contributed by atoms with van der Waals surface area (Å²) in [5.41, 5.74) is 0. The largest absolute Gasteiger partial charge is 0.472 e. The van der Waals surface area contributed by atoms with E-state index in [2.05, 4.69) is 48.0 Å². The molecule has 60 heavy (non-hydrogen) atoms. The Morgan fingerprint density at radius 2 is 1.07 bits per heavy atom. The minimum Gasteiger partial charge on any atom is -0.462 e. The van der Waals surface area contributed by atoms with Crippen LogP contribution in [0, 0.1) is 5.92 Å². The Morgan fingerprint density at radius 3 is 1.63 bits per heavy atom. The standard InChI is InChI=1S/C44H80O14P2/c1-4-5-31-40(45)32-27-23-19-15-11-7-9-13-17-21-25-29-34-44(48)58-42(38-57-60(52,53)56-36-41(46)35-55-59(49,50)51)37-54-43(47)33-28-24-20-16-12-8-6-10-14-18-22-26-30-39(2)3/h7,9,15,17,19,21,27,32,39-42,45-46H,4-6,8,10-14,16,18,20,22-26,28-31,33-38H2,1-3H3,(H,52,53)(H2,49,50,51)/b9-7-,19-15-,21-17-,32-27-/t40-,41+,42-/m1/s1. The van der Waals surface area contributed by atoms with Crippen molar-refractivity contribution in [2.24, 2.45) is 5.92 Å². The van der Waals surface area contributed by atoms with Gasteiger partial charge in [0.05, 0.1) is 25.9 Å². The maximum absolute atomic E-state index is 12.6. The molecule has 0 amide bonds. The van der Waals surface area contributed by atoms with E-state index >= 15 is 0 Å². The fraction of sp³-hybridized carbons (Fsp3) is 0.773. The molecule has 0 radical (unpaired) electrons. The van der Waals surface area contributed by atoms with E-state index in [1.165, 1.54) is 57.8 Å². The molecule has 0 aromatic heterocycles. The van der Waals surface area contributed by atoms with Gasteiger partial charge in [-0.25, -0.2) is 9.13 Å². The zero-order chi connectivity index (χ0) is 44.7. The lowest BCUT2D eigenvalue weighted by atomic mass is 10.0. The topological polar surface area (TPSA) is 216 Å². The molecule has 0 heterocycles. The van der Waals surface area contributed by atoms with Crippen LogP contribution < -0.4 is 0 Å². The number of ether oxygens (including phenoxy) is 2. The van der Waals surface area contributed by atoms with Crippen LogP contribution in [0.25, 0.3) is 0 Å². The summed E-state index contributed by atoms with van der Waals surface area (Å²) >= 11 is 0. The number of hydrogen-bond acceptors (Lipinski definition) is 11. The summed E-state index contributed by atoms with van der Waals surface area (Å²) in [7, 11) is -9.71. The quantitative estimate of drug-likeness (QED) is 0.0167. The molecule has 0 aromatic carbocycles. The molecule has 0 saturated carbocycles. The maximum Gasteiger partial charge on any atom is 0.472 e. The van der Waals surface area contributed by atoms with Gasteiger partial charge in [-0.05, 0) is 50.9 Å². The van der Waals surface area contributed by atoms with Gasteiger partial charge in [-0.1, -0.05) is 159 Å². The van der Waals surface area contributed by atoms with E-state index in [0.29, 0.717) is 19.3 Å². The minimum absolute atomic E-state index is 0.0387. The highest BCUT2D eigenvalue weighted by Crippen LogP contribution is 2.43. The molecular formula is C44H80O14P2. The number of hydrogen-bond donors (Lipinski definition) is 5. The molecule has 0 aliphatic rings.